The van der Waals surface area contributed by atoms with E-state index in [0.717, 1.165) is 19.4 Å². The van der Waals surface area contributed by atoms with Gasteiger partial charge in [0, 0.05) is 37.9 Å². The van der Waals surface area contributed by atoms with Gasteiger partial charge in [0.2, 0.25) is 0 Å². The number of alkyl halides is 2. The molecule has 5 rings (SSSR count). The fourth-order valence-corrected chi connectivity index (χ4v) is 9.73. The summed E-state index contributed by atoms with van der Waals surface area (Å²) >= 11 is 0. The van der Waals surface area contributed by atoms with E-state index in [9.17, 15) is 19.5 Å². The van der Waals surface area contributed by atoms with Crippen LogP contribution >= 0.6 is 0 Å². The van der Waals surface area contributed by atoms with Crippen LogP contribution in [0.25, 0.3) is 0 Å². The molecule has 6 nitrogen and oxygen atoms in total. The van der Waals surface area contributed by atoms with E-state index in [2.05, 4.69) is 18.7 Å². The van der Waals surface area contributed by atoms with Gasteiger partial charge in [-0.1, -0.05) is 39.7 Å². The highest BCUT2D eigenvalue weighted by molar-refractivity contribution is 6.01. The first-order valence-electron chi connectivity index (χ1n) is 14.6. The van der Waals surface area contributed by atoms with E-state index in [1.807, 2.05) is 6.92 Å². The number of ether oxygens (including phenoxy) is 1. The third-order valence-corrected chi connectivity index (χ3v) is 11.8. The summed E-state index contributed by atoms with van der Waals surface area (Å²) in [4.78, 5) is 40.2. The highest BCUT2D eigenvalue weighted by atomic mass is 19.1. The number of likely N-dealkylation sites (tertiary alicyclic amines) is 1. The number of esters is 1. The second-order valence-corrected chi connectivity index (χ2v) is 13.3. The first kappa shape index (κ1) is 28.6. The molecule has 39 heavy (non-hydrogen) atoms. The molecular weight excluding hydrogens is 504 g/mol. The standard InChI is InChI=1S/C31H43F2NO5/c1-6-19(7-2)14-34-15-20-10-22-23-12-25(32)24-11-21(36)8-9-28(24,4)31(23,33)26(37)13-29(22,5)30(20,17-34)27(38)16-39-18(3)35/h8-9,11,19-20,22-23,25-26,37H,6-7,10,12-17H2,1-5H3/t20-,22-,23-,25-,26-,28-,29-,30+,31-/m0/s1. The number of hydrogen-bond acceptors (Lipinski definition) is 6. The zero-order chi connectivity index (χ0) is 28.5. The number of carbonyl (C=O) groups is 3. The van der Waals surface area contributed by atoms with Gasteiger partial charge in [-0.2, -0.15) is 0 Å². The Labute approximate surface area is 230 Å². The van der Waals surface area contributed by atoms with E-state index in [1.165, 1.54) is 25.2 Å². The van der Waals surface area contributed by atoms with Crippen LogP contribution in [0.5, 0.6) is 0 Å². The van der Waals surface area contributed by atoms with Crippen molar-refractivity contribution in [2.75, 3.05) is 26.2 Å². The topological polar surface area (TPSA) is 83.9 Å². The normalized spacial score (nSPS) is 44.9. The monoisotopic (exact) mass is 547 g/mol. The molecule has 216 valence electrons. The minimum atomic E-state index is -2.17. The quantitative estimate of drug-likeness (QED) is 0.476. The number of halogens is 2. The smallest absolute Gasteiger partial charge is 0.303 e. The minimum absolute atomic E-state index is 0.0490. The number of rotatable bonds is 7. The summed E-state index contributed by atoms with van der Waals surface area (Å²) in [6.45, 7) is 10.8. The number of carbonyl (C=O) groups excluding carboxylic acids is 3. The molecule has 0 bridgehead atoms. The SMILES string of the molecule is CCC(CC)CN1C[C@@H]2C[C@H]3[C@@H]4C[C@H](F)C5=CC(=O)C=C[C@]5(C)[C@@]4(F)[C@@H](O)C[C@]3(C)[C@]2(C(=O)COC(C)=O)C1. The molecule has 0 aromatic carbocycles. The molecule has 1 heterocycles. The van der Waals surface area contributed by atoms with Crippen molar-refractivity contribution < 1.29 is 33.0 Å². The Morgan fingerprint density at radius 3 is 2.54 bits per heavy atom. The van der Waals surface area contributed by atoms with E-state index < -0.39 is 46.1 Å². The molecule has 8 heteroatoms. The number of hydrogen-bond donors (Lipinski definition) is 1. The number of nitrogens with zero attached hydrogens (tertiary/aromatic N) is 1. The third-order valence-electron chi connectivity index (χ3n) is 11.8. The van der Waals surface area contributed by atoms with Gasteiger partial charge in [-0.25, -0.2) is 8.78 Å². The van der Waals surface area contributed by atoms with Crippen molar-refractivity contribution >= 4 is 17.5 Å². The van der Waals surface area contributed by atoms with Crippen molar-refractivity contribution in [3.05, 3.63) is 23.8 Å². The second-order valence-electron chi connectivity index (χ2n) is 13.3. The van der Waals surface area contributed by atoms with Crippen molar-refractivity contribution in [1.82, 2.24) is 4.90 Å². The summed E-state index contributed by atoms with van der Waals surface area (Å²) in [5.41, 5.74) is -5.24. The van der Waals surface area contributed by atoms with Crippen molar-refractivity contribution in [2.45, 2.75) is 84.7 Å². The van der Waals surface area contributed by atoms with Crippen LogP contribution in [0.2, 0.25) is 0 Å². The van der Waals surface area contributed by atoms with Crippen LogP contribution in [0.3, 0.4) is 0 Å². The van der Waals surface area contributed by atoms with Gasteiger partial charge in [0.15, 0.2) is 23.8 Å². The van der Waals surface area contributed by atoms with Crippen LogP contribution in [0.15, 0.2) is 23.8 Å². The largest absolute Gasteiger partial charge is 0.458 e. The number of fused-ring (bicyclic) bond motifs is 7. The van der Waals surface area contributed by atoms with Crippen LogP contribution in [-0.4, -0.2) is 71.7 Å². The van der Waals surface area contributed by atoms with Gasteiger partial charge in [-0.15, -0.1) is 0 Å². The first-order valence-corrected chi connectivity index (χ1v) is 14.6. The molecule has 1 N–H and O–H groups in total. The summed E-state index contributed by atoms with van der Waals surface area (Å²) in [5, 5.41) is 11.7. The van der Waals surface area contributed by atoms with E-state index >= 15 is 8.78 Å². The van der Waals surface area contributed by atoms with Crippen LogP contribution in [-0.2, 0) is 19.1 Å². The second kappa shape index (κ2) is 9.57. The Bertz CT molecular complexity index is 1120. The number of aliphatic hydroxyl groups is 1. The molecule has 0 spiro atoms. The lowest BCUT2D eigenvalue weighted by atomic mass is 9.43. The Balaban J connectivity index is 1.57. The molecule has 0 unspecified atom stereocenters. The van der Waals surface area contributed by atoms with E-state index in [-0.39, 0.29) is 48.4 Å². The van der Waals surface area contributed by atoms with Gasteiger partial charge in [-0.05, 0) is 67.1 Å². The summed E-state index contributed by atoms with van der Waals surface area (Å²) in [6.07, 6.45) is 3.50. The maximum absolute atomic E-state index is 17.6. The molecule has 1 aliphatic heterocycles. The molecule has 0 aromatic heterocycles. The summed E-state index contributed by atoms with van der Waals surface area (Å²) in [7, 11) is 0. The summed E-state index contributed by atoms with van der Waals surface area (Å²) in [6, 6.07) is 0. The number of Topliss-reactive ketones (excluding diaryl/α,β-unsaturated/α-hetero) is 1. The molecule has 0 aromatic rings. The van der Waals surface area contributed by atoms with Crippen LogP contribution < -0.4 is 0 Å². The van der Waals surface area contributed by atoms with E-state index in [0.29, 0.717) is 25.4 Å². The zero-order valence-corrected chi connectivity index (χ0v) is 23.8. The minimum Gasteiger partial charge on any atom is -0.458 e. The highest BCUT2D eigenvalue weighted by Gasteiger charge is 2.78. The van der Waals surface area contributed by atoms with Gasteiger partial charge in [0.25, 0.3) is 0 Å². The molecule has 4 fully saturated rings. The highest BCUT2D eigenvalue weighted by Crippen LogP contribution is 2.74. The maximum Gasteiger partial charge on any atom is 0.303 e. The van der Waals surface area contributed by atoms with E-state index in [4.69, 9.17) is 4.74 Å². The Morgan fingerprint density at radius 2 is 1.90 bits per heavy atom. The van der Waals surface area contributed by atoms with Gasteiger partial charge in [-0.3, -0.25) is 14.4 Å². The molecule has 9 atom stereocenters. The average Bonchev–Trinajstić information content (AvgIpc) is 3.36. The molecule has 4 aliphatic carbocycles. The predicted octanol–water partition coefficient (Wildman–Crippen LogP) is 4.40. The van der Waals surface area contributed by atoms with Crippen molar-refractivity contribution in [2.24, 2.45) is 39.9 Å². The number of aliphatic hydroxyl groups excluding tert-OH is 1. The van der Waals surface area contributed by atoms with E-state index in [1.54, 1.807) is 6.92 Å². The van der Waals surface area contributed by atoms with Crippen molar-refractivity contribution in [3.8, 4) is 0 Å². The summed E-state index contributed by atoms with van der Waals surface area (Å²) < 4.78 is 38.6. The fraction of sp³-hybridized carbons (Fsp3) is 0.774. The lowest BCUT2D eigenvalue weighted by Crippen LogP contribution is -2.69. The zero-order valence-electron chi connectivity index (χ0n) is 23.8. The van der Waals surface area contributed by atoms with Crippen LogP contribution in [0, 0.1) is 39.9 Å². The molecule has 0 radical (unpaired) electrons. The van der Waals surface area contributed by atoms with Gasteiger partial charge >= 0.3 is 5.97 Å². The molecule has 1 saturated heterocycles. The summed E-state index contributed by atoms with van der Waals surface area (Å²) in [5.74, 6) is -1.86. The van der Waals surface area contributed by atoms with Gasteiger partial charge < -0.3 is 14.7 Å². The van der Waals surface area contributed by atoms with Crippen molar-refractivity contribution in [1.29, 1.82) is 0 Å². The average molecular weight is 548 g/mol. The molecule has 5 aliphatic rings. The van der Waals surface area contributed by atoms with Crippen LogP contribution in [0.1, 0.15) is 66.7 Å². The Hall–Kier alpha value is -1.93. The van der Waals surface area contributed by atoms with Crippen LogP contribution in [0.4, 0.5) is 8.78 Å². The number of allylic oxidation sites excluding steroid dienone is 4. The lowest BCUT2D eigenvalue weighted by Gasteiger charge is -2.63. The lowest BCUT2D eigenvalue weighted by molar-refractivity contribution is -0.212. The maximum atomic E-state index is 17.6. The molecule has 0 amide bonds. The third kappa shape index (κ3) is 3.79. The predicted molar refractivity (Wildman–Crippen MR) is 142 cm³/mol. The fourth-order valence-electron chi connectivity index (χ4n) is 9.73. The number of ketones is 2. The Kier molecular flexibility index (Phi) is 7.02. The van der Waals surface area contributed by atoms with Gasteiger partial charge in [0.1, 0.15) is 6.17 Å². The molecular formula is C31H43F2NO5. The van der Waals surface area contributed by atoms with Gasteiger partial charge in [0.05, 0.1) is 11.5 Å². The first-order chi connectivity index (χ1) is 18.3. The van der Waals surface area contributed by atoms with Crippen molar-refractivity contribution in [3.63, 3.8) is 0 Å². The molecule has 3 saturated carbocycles. The Morgan fingerprint density at radius 1 is 1.21 bits per heavy atom.